The number of carbonyl (C=O) groups is 2. The van der Waals surface area contributed by atoms with E-state index in [0.717, 1.165) is 5.56 Å². The van der Waals surface area contributed by atoms with E-state index >= 15 is 0 Å². The van der Waals surface area contributed by atoms with Crippen molar-refractivity contribution in [1.82, 2.24) is 10.7 Å². The van der Waals surface area contributed by atoms with Crippen molar-refractivity contribution < 1.29 is 23.7 Å². The van der Waals surface area contributed by atoms with Crippen molar-refractivity contribution >= 4 is 23.9 Å². The number of amides is 2. The first-order valence-corrected chi connectivity index (χ1v) is 10.1. The van der Waals surface area contributed by atoms with Gasteiger partial charge >= 0.3 is 6.09 Å². The summed E-state index contributed by atoms with van der Waals surface area (Å²) in [4.78, 5) is 34.5. The average molecular weight is 450 g/mol. The molecular formula is C23H22N4O6. The fourth-order valence-corrected chi connectivity index (χ4v) is 2.98. The minimum Gasteiger partial charge on any atom is -0.455 e. The fourth-order valence-electron chi connectivity index (χ4n) is 2.98. The Hall–Kier alpha value is -4.47. The molecule has 0 saturated carbocycles. The number of furan rings is 1. The van der Waals surface area contributed by atoms with Crippen molar-refractivity contribution in [2.45, 2.75) is 19.4 Å². The van der Waals surface area contributed by atoms with Crippen LogP contribution in [0.1, 0.15) is 30.7 Å². The zero-order chi connectivity index (χ0) is 23.6. The molecule has 2 amide bonds. The first-order chi connectivity index (χ1) is 16.0. The van der Waals surface area contributed by atoms with Gasteiger partial charge in [-0.05, 0) is 36.8 Å². The van der Waals surface area contributed by atoms with E-state index in [4.69, 9.17) is 9.15 Å². The van der Waals surface area contributed by atoms with Crippen LogP contribution >= 0.6 is 0 Å². The lowest BCUT2D eigenvalue weighted by Gasteiger charge is -2.17. The van der Waals surface area contributed by atoms with Crippen molar-refractivity contribution in [3.63, 3.8) is 0 Å². The van der Waals surface area contributed by atoms with Crippen LogP contribution in [0.3, 0.4) is 0 Å². The summed E-state index contributed by atoms with van der Waals surface area (Å²) in [5.41, 5.74) is 3.82. The van der Waals surface area contributed by atoms with Crippen LogP contribution in [0.4, 0.5) is 10.5 Å². The lowest BCUT2D eigenvalue weighted by Crippen LogP contribution is -2.33. The molecule has 1 heterocycles. The quantitative estimate of drug-likeness (QED) is 0.285. The fraction of sp³-hybridized carbons (Fsp3) is 0.174. The summed E-state index contributed by atoms with van der Waals surface area (Å²) < 4.78 is 10.6. The summed E-state index contributed by atoms with van der Waals surface area (Å²) in [5.74, 6) is 0.465. The van der Waals surface area contributed by atoms with Gasteiger partial charge in [-0.3, -0.25) is 14.9 Å². The molecule has 0 bridgehead atoms. The van der Waals surface area contributed by atoms with E-state index in [-0.39, 0.29) is 18.7 Å². The van der Waals surface area contributed by atoms with Crippen molar-refractivity contribution in [1.29, 1.82) is 0 Å². The molecular weight excluding hydrogens is 428 g/mol. The third kappa shape index (κ3) is 6.76. The largest absolute Gasteiger partial charge is 0.455 e. The van der Waals surface area contributed by atoms with Crippen LogP contribution < -0.4 is 10.7 Å². The molecule has 0 radical (unpaired) electrons. The molecule has 0 saturated heterocycles. The molecule has 3 aromatic rings. The summed E-state index contributed by atoms with van der Waals surface area (Å²) in [6.45, 7) is 1.91. The number of hydrazone groups is 1. The van der Waals surface area contributed by atoms with Gasteiger partial charge in [0.25, 0.3) is 5.69 Å². The van der Waals surface area contributed by atoms with Gasteiger partial charge in [0.2, 0.25) is 5.91 Å². The summed E-state index contributed by atoms with van der Waals surface area (Å²) in [6, 6.07) is 17.8. The second-order valence-corrected chi connectivity index (χ2v) is 6.83. The number of benzene rings is 2. The SMILES string of the molecule is CCOC(=O)N[C@H](CC(=O)N/N=C\c1ccc(-c2ccc([N+](=O)[O-])cc2)o1)c1ccccc1. The van der Waals surface area contributed by atoms with Gasteiger partial charge in [0.05, 0.1) is 30.2 Å². The first kappa shape index (κ1) is 23.2. The van der Waals surface area contributed by atoms with E-state index in [0.29, 0.717) is 17.1 Å². The standard InChI is InChI=1S/C23H22N4O6/c1-2-32-23(29)25-20(16-6-4-3-5-7-16)14-22(28)26-24-15-19-12-13-21(33-19)17-8-10-18(11-9-17)27(30)31/h3-13,15,20H,2,14H2,1H3,(H,25,29)(H,26,28)/b24-15-/t20-/m1/s1. The normalized spacial score (nSPS) is 11.7. The Kier molecular flexibility index (Phi) is 7.90. The summed E-state index contributed by atoms with van der Waals surface area (Å²) in [5, 5.41) is 17.3. The van der Waals surface area contributed by atoms with E-state index in [1.807, 2.05) is 18.2 Å². The highest BCUT2D eigenvalue weighted by Crippen LogP contribution is 2.24. The van der Waals surface area contributed by atoms with Gasteiger partial charge in [0.1, 0.15) is 11.5 Å². The minimum absolute atomic E-state index is 0.0129. The van der Waals surface area contributed by atoms with Crippen LogP contribution in [0.2, 0.25) is 0 Å². The lowest BCUT2D eigenvalue weighted by atomic mass is 10.0. The lowest BCUT2D eigenvalue weighted by molar-refractivity contribution is -0.384. The third-order valence-corrected chi connectivity index (χ3v) is 4.53. The molecule has 2 N–H and O–H groups in total. The van der Waals surface area contributed by atoms with Gasteiger partial charge in [-0.25, -0.2) is 10.2 Å². The third-order valence-electron chi connectivity index (χ3n) is 4.53. The summed E-state index contributed by atoms with van der Waals surface area (Å²) in [6.07, 6.45) is 0.673. The first-order valence-electron chi connectivity index (χ1n) is 10.1. The number of nitrogens with one attached hydrogen (secondary N) is 2. The van der Waals surface area contributed by atoms with Crippen molar-refractivity contribution in [2.75, 3.05) is 6.61 Å². The Morgan fingerprint density at radius 1 is 1.12 bits per heavy atom. The zero-order valence-electron chi connectivity index (χ0n) is 17.8. The smallest absolute Gasteiger partial charge is 0.407 e. The Morgan fingerprint density at radius 2 is 1.85 bits per heavy atom. The number of nitrogens with zero attached hydrogens (tertiary/aromatic N) is 2. The highest BCUT2D eigenvalue weighted by molar-refractivity contribution is 5.82. The highest BCUT2D eigenvalue weighted by Gasteiger charge is 2.18. The Balaban J connectivity index is 1.59. The zero-order valence-corrected chi connectivity index (χ0v) is 17.8. The number of hydrogen-bond acceptors (Lipinski definition) is 7. The Bertz CT molecular complexity index is 1130. The Morgan fingerprint density at radius 3 is 2.52 bits per heavy atom. The predicted octanol–water partition coefficient (Wildman–Crippen LogP) is 4.18. The van der Waals surface area contributed by atoms with Gasteiger partial charge in [0, 0.05) is 17.7 Å². The maximum Gasteiger partial charge on any atom is 0.407 e. The number of ether oxygens (including phenoxy) is 1. The number of non-ortho nitro benzene ring substituents is 1. The molecule has 0 aliphatic rings. The number of alkyl carbamates (subject to hydrolysis) is 1. The average Bonchev–Trinajstić information content (AvgIpc) is 3.28. The van der Waals surface area contributed by atoms with Crippen LogP contribution in [0.5, 0.6) is 0 Å². The molecule has 170 valence electrons. The van der Waals surface area contributed by atoms with Crippen LogP contribution in [0, 0.1) is 10.1 Å². The molecule has 0 unspecified atom stereocenters. The maximum atomic E-state index is 12.4. The predicted molar refractivity (Wildman–Crippen MR) is 120 cm³/mol. The number of carbonyl (C=O) groups excluding carboxylic acids is 2. The van der Waals surface area contributed by atoms with Crippen molar-refractivity contribution in [3.05, 3.63) is 88.2 Å². The molecule has 1 atom stereocenters. The molecule has 0 aliphatic carbocycles. The molecule has 3 rings (SSSR count). The molecule has 10 heteroatoms. The molecule has 0 aliphatic heterocycles. The van der Waals surface area contributed by atoms with E-state index in [1.54, 1.807) is 43.3 Å². The summed E-state index contributed by atoms with van der Waals surface area (Å²) in [7, 11) is 0. The van der Waals surface area contributed by atoms with Crippen LogP contribution in [0.15, 0.2) is 76.2 Å². The van der Waals surface area contributed by atoms with Gasteiger partial charge in [0.15, 0.2) is 0 Å². The number of nitro benzene ring substituents is 1. The van der Waals surface area contributed by atoms with Gasteiger partial charge in [-0.2, -0.15) is 5.10 Å². The van der Waals surface area contributed by atoms with Gasteiger partial charge in [-0.15, -0.1) is 0 Å². The number of hydrogen-bond donors (Lipinski definition) is 2. The maximum absolute atomic E-state index is 12.4. The van der Waals surface area contributed by atoms with Gasteiger partial charge < -0.3 is 14.5 Å². The Labute approximate surface area is 189 Å². The van der Waals surface area contributed by atoms with Crippen molar-refractivity contribution in [2.24, 2.45) is 5.10 Å². The molecule has 0 spiro atoms. The molecule has 2 aromatic carbocycles. The molecule has 33 heavy (non-hydrogen) atoms. The molecule has 1 aromatic heterocycles. The van der Waals surface area contributed by atoms with Gasteiger partial charge in [-0.1, -0.05) is 30.3 Å². The van der Waals surface area contributed by atoms with E-state index in [2.05, 4.69) is 15.8 Å². The number of rotatable bonds is 9. The monoisotopic (exact) mass is 450 g/mol. The van der Waals surface area contributed by atoms with Crippen LogP contribution in [-0.4, -0.2) is 29.7 Å². The van der Waals surface area contributed by atoms with E-state index < -0.39 is 23.0 Å². The highest BCUT2D eigenvalue weighted by atomic mass is 16.6. The second kappa shape index (κ2) is 11.2. The van der Waals surface area contributed by atoms with E-state index in [1.165, 1.54) is 18.3 Å². The van der Waals surface area contributed by atoms with E-state index in [9.17, 15) is 19.7 Å². The van der Waals surface area contributed by atoms with Crippen LogP contribution in [0.25, 0.3) is 11.3 Å². The second-order valence-electron chi connectivity index (χ2n) is 6.83. The minimum atomic E-state index is -0.614. The summed E-state index contributed by atoms with van der Waals surface area (Å²) >= 11 is 0. The topological polar surface area (TPSA) is 136 Å². The number of nitro groups is 1. The van der Waals surface area contributed by atoms with Crippen LogP contribution in [-0.2, 0) is 9.53 Å². The molecule has 10 nitrogen and oxygen atoms in total. The molecule has 0 fully saturated rings. The van der Waals surface area contributed by atoms with Crippen molar-refractivity contribution in [3.8, 4) is 11.3 Å².